The monoisotopic (exact) mass is 262 g/mol. The number of carbonyl (C=O) groups excluding carboxylic acids is 1. The van der Waals surface area contributed by atoms with Crippen LogP contribution in [-0.2, 0) is 6.42 Å². The van der Waals surface area contributed by atoms with E-state index in [1.165, 1.54) is 0 Å². The van der Waals surface area contributed by atoms with Gasteiger partial charge in [-0.15, -0.1) is 0 Å². The smallest absolute Gasteiger partial charge is 0.166 e. The van der Waals surface area contributed by atoms with Gasteiger partial charge in [-0.3, -0.25) is 9.78 Å². The van der Waals surface area contributed by atoms with E-state index in [4.69, 9.17) is 0 Å². The number of hydrogen-bond donors (Lipinski definition) is 0. The van der Waals surface area contributed by atoms with E-state index < -0.39 is 0 Å². The van der Waals surface area contributed by atoms with Crippen LogP contribution in [-0.4, -0.2) is 15.8 Å². The minimum absolute atomic E-state index is 0.662. The first-order chi connectivity index (χ1) is 9.88. The molecule has 3 rings (SSSR count). The van der Waals surface area contributed by atoms with E-state index in [9.17, 15) is 4.79 Å². The molecule has 3 nitrogen and oxygen atoms in total. The minimum atomic E-state index is 0.662. The molecule has 0 saturated carbocycles. The lowest BCUT2D eigenvalue weighted by atomic mass is 10.1. The Morgan fingerprint density at radius 2 is 1.85 bits per heavy atom. The normalized spacial score (nSPS) is 10.4. The second kappa shape index (κ2) is 5.53. The third-order valence-corrected chi connectivity index (χ3v) is 3.24. The van der Waals surface area contributed by atoms with Gasteiger partial charge in [0.15, 0.2) is 6.29 Å². The van der Waals surface area contributed by atoms with E-state index in [2.05, 4.69) is 4.98 Å². The van der Waals surface area contributed by atoms with Crippen molar-refractivity contribution in [3.63, 3.8) is 0 Å². The molecule has 0 amide bonds. The minimum Gasteiger partial charge on any atom is -0.311 e. The van der Waals surface area contributed by atoms with Crippen LogP contribution >= 0.6 is 0 Å². The van der Waals surface area contributed by atoms with E-state index in [-0.39, 0.29) is 0 Å². The number of hydrogen-bond acceptors (Lipinski definition) is 2. The third-order valence-electron chi connectivity index (χ3n) is 3.24. The van der Waals surface area contributed by atoms with E-state index in [0.717, 1.165) is 29.7 Å². The lowest BCUT2D eigenvalue weighted by molar-refractivity contribution is 0.111. The molecule has 98 valence electrons. The Bertz CT molecular complexity index is 702. The van der Waals surface area contributed by atoms with E-state index >= 15 is 0 Å². The SMILES string of the molecule is O=Cc1ccc(Cc2cccnc2)n1-c1ccccc1. The van der Waals surface area contributed by atoms with Crippen LogP contribution in [0.3, 0.4) is 0 Å². The predicted molar refractivity (Wildman–Crippen MR) is 78.2 cm³/mol. The zero-order valence-corrected chi connectivity index (χ0v) is 10.9. The summed E-state index contributed by atoms with van der Waals surface area (Å²) in [7, 11) is 0. The number of aromatic nitrogens is 2. The van der Waals surface area contributed by atoms with Gasteiger partial charge < -0.3 is 4.57 Å². The first-order valence-corrected chi connectivity index (χ1v) is 6.48. The molecule has 0 atom stereocenters. The van der Waals surface area contributed by atoms with Crippen LogP contribution in [0.2, 0.25) is 0 Å². The van der Waals surface area contributed by atoms with E-state index in [1.807, 2.05) is 65.4 Å². The molecule has 20 heavy (non-hydrogen) atoms. The molecule has 0 aliphatic heterocycles. The van der Waals surface area contributed by atoms with Gasteiger partial charge in [0.2, 0.25) is 0 Å². The van der Waals surface area contributed by atoms with Crippen LogP contribution in [0.15, 0.2) is 67.0 Å². The fourth-order valence-electron chi connectivity index (χ4n) is 2.33. The largest absolute Gasteiger partial charge is 0.311 e. The van der Waals surface area contributed by atoms with Gasteiger partial charge in [-0.2, -0.15) is 0 Å². The van der Waals surface area contributed by atoms with Gasteiger partial charge in [-0.05, 0) is 35.9 Å². The van der Waals surface area contributed by atoms with Crippen molar-refractivity contribution in [3.05, 3.63) is 83.9 Å². The van der Waals surface area contributed by atoms with Crippen LogP contribution in [0.4, 0.5) is 0 Å². The molecule has 0 spiro atoms. The fourth-order valence-corrected chi connectivity index (χ4v) is 2.33. The Hall–Kier alpha value is -2.68. The maximum Gasteiger partial charge on any atom is 0.166 e. The summed E-state index contributed by atoms with van der Waals surface area (Å²) in [4.78, 5) is 15.4. The molecule has 0 radical (unpaired) electrons. The standard InChI is InChI=1S/C17H14N2O/c20-13-17-9-8-16(11-14-5-4-10-18-12-14)19(17)15-6-2-1-3-7-15/h1-10,12-13H,11H2. The summed E-state index contributed by atoms with van der Waals surface area (Å²) in [6.07, 6.45) is 5.25. The lowest BCUT2D eigenvalue weighted by Crippen LogP contribution is -2.04. The topological polar surface area (TPSA) is 34.9 Å². The van der Waals surface area contributed by atoms with E-state index in [0.29, 0.717) is 5.69 Å². The molecule has 2 heterocycles. The quantitative estimate of drug-likeness (QED) is 0.676. The molecule has 0 saturated heterocycles. The maximum absolute atomic E-state index is 11.2. The average Bonchev–Trinajstić information content (AvgIpc) is 2.92. The number of nitrogens with zero attached hydrogens (tertiary/aromatic N) is 2. The molecule has 0 bridgehead atoms. The summed E-state index contributed by atoms with van der Waals surface area (Å²) in [5.74, 6) is 0. The molecule has 3 aromatic rings. The van der Waals surface area contributed by atoms with Crippen LogP contribution in [0.5, 0.6) is 0 Å². The van der Waals surface area contributed by atoms with Crippen LogP contribution in [0.25, 0.3) is 5.69 Å². The second-order valence-corrected chi connectivity index (χ2v) is 4.58. The molecular formula is C17H14N2O. The Kier molecular flexibility index (Phi) is 3.42. The molecule has 3 heteroatoms. The highest BCUT2D eigenvalue weighted by molar-refractivity contribution is 5.74. The summed E-state index contributed by atoms with van der Waals surface area (Å²) < 4.78 is 1.99. The molecule has 0 unspecified atom stereocenters. The number of aldehydes is 1. The number of benzene rings is 1. The number of rotatable bonds is 4. The highest BCUT2D eigenvalue weighted by Gasteiger charge is 2.09. The summed E-state index contributed by atoms with van der Waals surface area (Å²) in [5.41, 5.74) is 3.86. The molecule has 0 aliphatic rings. The van der Waals surface area contributed by atoms with Crippen molar-refractivity contribution in [2.24, 2.45) is 0 Å². The van der Waals surface area contributed by atoms with Gasteiger partial charge in [-0.25, -0.2) is 0 Å². The van der Waals surface area contributed by atoms with Crippen molar-refractivity contribution in [2.45, 2.75) is 6.42 Å². The molecular weight excluding hydrogens is 248 g/mol. The Labute approximate surface area is 117 Å². The zero-order chi connectivity index (χ0) is 13.8. The molecule has 0 fully saturated rings. The van der Waals surface area contributed by atoms with Crippen molar-refractivity contribution >= 4 is 6.29 Å². The van der Waals surface area contributed by atoms with Crippen molar-refractivity contribution in [1.29, 1.82) is 0 Å². The van der Waals surface area contributed by atoms with Crippen molar-refractivity contribution < 1.29 is 4.79 Å². The summed E-state index contributed by atoms with van der Waals surface area (Å²) in [5, 5.41) is 0. The predicted octanol–water partition coefficient (Wildman–Crippen LogP) is 3.28. The molecule has 1 aromatic carbocycles. The van der Waals surface area contributed by atoms with Crippen molar-refractivity contribution in [2.75, 3.05) is 0 Å². The van der Waals surface area contributed by atoms with Gasteiger partial charge in [-0.1, -0.05) is 24.3 Å². The number of pyridine rings is 1. The first-order valence-electron chi connectivity index (χ1n) is 6.48. The van der Waals surface area contributed by atoms with Gasteiger partial charge >= 0.3 is 0 Å². The van der Waals surface area contributed by atoms with Gasteiger partial charge in [0.05, 0.1) is 5.69 Å². The molecule has 0 aliphatic carbocycles. The lowest BCUT2D eigenvalue weighted by Gasteiger charge is -2.11. The maximum atomic E-state index is 11.2. The molecule has 2 aromatic heterocycles. The summed E-state index contributed by atoms with van der Waals surface area (Å²) in [6, 6.07) is 17.7. The van der Waals surface area contributed by atoms with Gasteiger partial charge in [0, 0.05) is 30.2 Å². The Balaban J connectivity index is 2.04. The summed E-state index contributed by atoms with van der Waals surface area (Å²) in [6.45, 7) is 0. The molecule has 0 N–H and O–H groups in total. The fraction of sp³-hybridized carbons (Fsp3) is 0.0588. The van der Waals surface area contributed by atoms with Gasteiger partial charge in [0.25, 0.3) is 0 Å². The number of carbonyl (C=O) groups is 1. The number of para-hydroxylation sites is 1. The Morgan fingerprint density at radius 1 is 1.00 bits per heavy atom. The third kappa shape index (κ3) is 2.38. The van der Waals surface area contributed by atoms with Crippen molar-refractivity contribution in [3.8, 4) is 5.69 Å². The Morgan fingerprint density at radius 3 is 2.55 bits per heavy atom. The average molecular weight is 262 g/mol. The van der Waals surface area contributed by atoms with Crippen LogP contribution in [0, 0.1) is 0 Å². The van der Waals surface area contributed by atoms with Crippen LogP contribution < -0.4 is 0 Å². The highest BCUT2D eigenvalue weighted by atomic mass is 16.1. The van der Waals surface area contributed by atoms with Crippen molar-refractivity contribution in [1.82, 2.24) is 9.55 Å². The summed E-state index contributed by atoms with van der Waals surface area (Å²) >= 11 is 0. The van der Waals surface area contributed by atoms with E-state index in [1.54, 1.807) is 6.20 Å². The van der Waals surface area contributed by atoms with Gasteiger partial charge in [0.1, 0.15) is 0 Å². The van der Waals surface area contributed by atoms with Crippen LogP contribution in [0.1, 0.15) is 21.7 Å². The first kappa shape index (κ1) is 12.4. The second-order valence-electron chi connectivity index (χ2n) is 4.58. The highest BCUT2D eigenvalue weighted by Crippen LogP contribution is 2.18. The zero-order valence-electron chi connectivity index (χ0n) is 10.9.